The summed E-state index contributed by atoms with van der Waals surface area (Å²) in [6, 6.07) is 13.4. The molecule has 2 aromatic carbocycles. The zero-order chi connectivity index (χ0) is 15.8. The van der Waals surface area contributed by atoms with Crippen LogP contribution >= 0.6 is 12.4 Å². The Morgan fingerprint density at radius 3 is 2.75 bits per heavy atom. The molecule has 3 N–H and O–H groups in total. The quantitative estimate of drug-likeness (QED) is 0.531. The minimum Gasteiger partial charge on any atom is -0.497 e. The second-order valence-electron chi connectivity index (χ2n) is 5.21. The highest BCUT2D eigenvalue weighted by Gasteiger charge is 2.08. The fraction of sp³-hybridized carbons (Fsp3) is 0.0588. The maximum absolute atomic E-state index is 11.8. The molecule has 2 heterocycles. The normalized spacial score (nSPS) is 10.5. The van der Waals surface area contributed by atoms with Crippen LogP contribution in [0.1, 0.15) is 0 Å². The molecule has 0 saturated heterocycles. The van der Waals surface area contributed by atoms with Gasteiger partial charge in [0.05, 0.1) is 12.6 Å². The first-order valence-corrected chi connectivity index (χ1v) is 7.15. The molecule has 0 aliphatic carbocycles. The van der Waals surface area contributed by atoms with Crippen LogP contribution < -0.4 is 15.7 Å². The fourth-order valence-corrected chi connectivity index (χ4v) is 2.62. The Bertz CT molecular complexity index is 1070. The van der Waals surface area contributed by atoms with E-state index >= 15 is 0 Å². The SMILES string of the molecule is COc1ccc2[nH]c(=O)nc(Nc3ccc4[nH]ccc4c3)c2c1.Cl. The lowest BCUT2D eigenvalue weighted by Crippen LogP contribution is -2.12. The predicted octanol–water partition coefficient (Wildman–Crippen LogP) is 3.58. The molecule has 4 rings (SSSR count). The van der Waals surface area contributed by atoms with E-state index in [4.69, 9.17) is 4.74 Å². The predicted molar refractivity (Wildman–Crippen MR) is 97.7 cm³/mol. The molecule has 0 atom stereocenters. The first kappa shape index (κ1) is 15.9. The number of hydrogen-bond acceptors (Lipinski definition) is 4. The van der Waals surface area contributed by atoms with Gasteiger partial charge in [0.25, 0.3) is 0 Å². The number of nitrogens with zero attached hydrogens (tertiary/aromatic N) is 1. The highest BCUT2D eigenvalue weighted by molar-refractivity contribution is 5.92. The summed E-state index contributed by atoms with van der Waals surface area (Å²) in [6.45, 7) is 0. The molecule has 2 aromatic heterocycles. The van der Waals surface area contributed by atoms with Crippen LogP contribution in [0.4, 0.5) is 11.5 Å². The number of H-pyrrole nitrogens is 2. The number of ether oxygens (including phenoxy) is 1. The van der Waals surface area contributed by atoms with E-state index in [1.165, 1.54) is 0 Å². The molecule has 0 amide bonds. The van der Waals surface area contributed by atoms with Crippen molar-refractivity contribution in [3.63, 3.8) is 0 Å². The maximum atomic E-state index is 11.8. The van der Waals surface area contributed by atoms with Gasteiger partial charge in [-0.05, 0) is 42.5 Å². The van der Waals surface area contributed by atoms with Crippen molar-refractivity contribution in [2.75, 3.05) is 12.4 Å². The van der Waals surface area contributed by atoms with Gasteiger partial charge in [-0.1, -0.05) is 0 Å². The van der Waals surface area contributed by atoms with Crippen LogP contribution in [-0.2, 0) is 0 Å². The van der Waals surface area contributed by atoms with Gasteiger partial charge in [-0.15, -0.1) is 12.4 Å². The Kier molecular flexibility index (Phi) is 4.14. The van der Waals surface area contributed by atoms with Gasteiger partial charge in [-0.25, -0.2) is 4.79 Å². The molecule has 0 radical (unpaired) electrons. The molecule has 4 aromatic rings. The van der Waals surface area contributed by atoms with Gasteiger partial charge in [0.15, 0.2) is 0 Å². The molecule has 0 fully saturated rings. The molecule has 0 spiro atoms. The van der Waals surface area contributed by atoms with E-state index in [0.29, 0.717) is 17.1 Å². The number of aromatic nitrogens is 3. The number of hydrogen-bond donors (Lipinski definition) is 3. The summed E-state index contributed by atoms with van der Waals surface area (Å²) >= 11 is 0. The van der Waals surface area contributed by atoms with E-state index in [2.05, 4.69) is 20.3 Å². The van der Waals surface area contributed by atoms with Gasteiger partial charge < -0.3 is 20.0 Å². The largest absolute Gasteiger partial charge is 0.497 e. The summed E-state index contributed by atoms with van der Waals surface area (Å²) in [5.74, 6) is 1.20. The molecule has 0 bridgehead atoms. The third kappa shape index (κ3) is 2.79. The van der Waals surface area contributed by atoms with Crippen molar-refractivity contribution in [2.45, 2.75) is 0 Å². The van der Waals surface area contributed by atoms with Crippen molar-refractivity contribution < 1.29 is 4.74 Å². The Morgan fingerprint density at radius 2 is 1.92 bits per heavy atom. The number of halogens is 1. The Hall–Kier alpha value is -2.99. The van der Waals surface area contributed by atoms with E-state index in [1.807, 2.05) is 36.5 Å². The van der Waals surface area contributed by atoms with Crippen molar-refractivity contribution in [3.8, 4) is 5.75 Å². The van der Waals surface area contributed by atoms with Gasteiger partial charge >= 0.3 is 5.69 Å². The Morgan fingerprint density at radius 1 is 1.08 bits per heavy atom. The molecular weight excluding hydrogens is 328 g/mol. The molecule has 24 heavy (non-hydrogen) atoms. The van der Waals surface area contributed by atoms with Crippen LogP contribution in [0.3, 0.4) is 0 Å². The van der Waals surface area contributed by atoms with Crippen molar-refractivity contribution in [3.05, 3.63) is 59.1 Å². The number of benzene rings is 2. The van der Waals surface area contributed by atoms with Gasteiger partial charge in [0.1, 0.15) is 11.6 Å². The lowest BCUT2D eigenvalue weighted by Gasteiger charge is -2.09. The monoisotopic (exact) mass is 342 g/mol. The fourth-order valence-electron chi connectivity index (χ4n) is 2.62. The second kappa shape index (κ2) is 6.25. The van der Waals surface area contributed by atoms with E-state index in [0.717, 1.165) is 22.0 Å². The Labute approximate surface area is 143 Å². The van der Waals surface area contributed by atoms with Crippen LogP contribution in [0.2, 0.25) is 0 Å². The second-order valence-corrected chi connectivity index (χ2v) is 5.21. The van der Waals surface area contributed by atoms with E-state index in [-0.39, 0.29) is 12.4 Å². The molecule has 0 unspecified atom stereocenters. The number of aromatic amines is 2. The van der Waals surface area contributed by atoms with Crippen LogP contribution in [-0.4, -0.2) is 22.1 Å². The topological polar surface area (TPSA) is 82.8 Å². The number of methoxy groups -OCH3 is 1. The summed E-state index contributed by atoms with van der Waals surface area (Å²) in [5.41, 5.74) is 2.23. The summed E-state index contributed by atoms with van der Waals surface area (Å²) < 4.78 is 5.25. The first-order chi connectivity index (χ1) is 11.2. The Balaban J connectivity index is 0.00000169. The summed E-state index contributed by atoms with van der Waals surface area (Å²) in [5, 5.41) is 5.10. The van der Waals surface area contributed by atoms with Gasteiger partial charge in [0.2, 0.25) is 0 Å². The zero-order valence-corrected chi connectivity index (χ0v) is 13.6. The van der Waals surface area contributed by atoms with Crippen LogP contribution in [0.5, 0.6) is 5.75 Å². The lowest BCUT2D eigenvalue weighted by molar-refractivity contribution is 0.415. The van der Waals surface area contributed by atoms with E-state index in [1.54, 1.807) is 19.2 Å². The molecule has 0 saturated carbocycles. The molecule has 6 nitrogen and oxygen atoms in total. The minimum absolute atomic E-state index is 0. The molecule has 0 aliphatic rings. The van der Waals surface area contributed by atoms with Crippen molar-refractivity contribution >= 4 is 45.7 Å². The van der Waals surface area contributed by atoms with Crippen molar-refractivity contribution in [1.29, 1.82) is 0 Å². The zero-order valence-electron chi connectivity index (χ0n) is 12.8. The maximum Gasteiger partial charge on any atom is 0.347 e. The number of anilines is 2. The molecule has 0 aliphatic heterocycles. The van der Waals surface area contributed by atoms with E-state index in [9.17, 15) is 4.79 Å². The highest BCUT2D eigenvalue weighted by Crippen LogP contribution is 2.27. The lowest BCUT2D eigenvalue weighted by atomic mass is 10.2. The van der Waals surface area contributed by atoms with Crippen LogP contribution in [0.25, 0.3) is 21.8 Å². The number of nitrogens with one attached hydrogen (secondary N) is 3. The van der Waals surface area contributed by atoms with Gasteiger partial charge in [-0.3, -0.25) is 0 Å². The summed E-state index contributed by atoms with van der Waals surface area (Å²) in [6.07, 6.45) is 1.89. The standard InChI is InChI=1S/C17H14N4O2.ClH/c1-23-12-3-5-15-13(9-12)16(21-17(22)20-15)19-11-2-4-14-10(8-11)6-7-18-14;/h2-9,18H,1H3,(H2,19,20,21,22);1H. The van der Waals surface area contributed by atoms with Crippen molar-refractivity contribution in [2.24, 2.45) is 0 Å². The molecule has 7 heteroatoms. The van der Waals surface area contributed by atoms with Crippen LogP contribution in [0.15, 0.2) is 53.5 Å². The smallest absolute Gasteiger partial charge is 0.347 e. The first-order valence-electron chi connectivity index (χ1n) is 7.15. The highest BCUT2D eigenvalue weighted by atomic mass is 35.5. The number of rotatable bonds is 3. The summed E-state index contributed by atoms with van der Waals surface area (Å²) in [4.78, 5) is 21.7. The van der Waals surface area contributed by atoms with Gasteiger partial charge in [0, 0.05) is 28.2 Å². The minimum atomic E-state index is -0.395. The van der Waals surface area contributed by atoms with Gasteiger partial charge in [-0.2, -0.15) is 4.98 Å². The summed E-state index contributed by atoms with van der Waals surface area (Å²) in [7, 11) is 1.60. The third-order valence-corrected chi connectivity index (χ3v) is 3.75. The average Bonchev–Trinajstić information content (AvgIpc) is 3.02. The third-order valence-electron chi connectivity index (χ3n) is 3.75. The molecule has 122 valence electrons. The van der Waals surface area contributed by atoms with E-state index < -0.39 is 5.69 Å². The average molecular weight is 343 g/mol. The number of fused-ring (bicyclic) bond motifs is 2. The molecular formula is C17H15ClN4O2. The van der Waals surface area contributed by atoms with Crippen LogP contribution in [0, 0.1) is 0 Å². The van der Waals surface area contributed by atoms with Crippen molar-refractivity contribution in [1.82, 2.24) is 15.0 Å².